The fourth-order valence-corrected chi connectivity index (χ4v) is 3.11. The normalized spacial score (nSPS) is 11.5. The first kappa shape index (κ1) is 13.6. The van der Waals surface area contributed by atoms with Crippen molar-refractivity contribution in [2.75, 3.05) is 4.72 Å². The van der Waals surface area contributed by atoms with Crippen LogP contribution in [0, 0.1) is 6.92 Å². The van der Waals surface area contributed by atoms with Gasteiger partial charge in [-0.3, -0.25) is 9.40 Å². The molecule has 102 valence electrons. The van der Waals surface area contributed by atoms with Crippen molar-refractivity contribution in [3.8, 4) is 0 Å². The molecule has 1 aromatic heterocycles. The number of nitrogens with one attached hydrogen (secondary N) is 1. The van der Waals surface area contributed by atoms with Gasteiger partial charge >= 0.3 is 0 Å². The summed E-state index contributed by atoms with van der Waals surface area (Å²) in [5.41, 5.74) is 7.91. The second-order valence-electron chi connectivity index (χ2n) is 4.20. The van der Waals surface area contributed by atoms with Crippen molar-refractivity contribution in [3.63, 3.8) is 0 Å². The van der Waals surface area contributed by atoms with Gasteiger partial charge in [-0.1, -0.05) is 12.1 Å². The SMILES string of the molecule is Cc1cccc(NS(=O)(=O)c2ccnn2C)c1CN. The van der Waals surface area contributed by atoms with Crippen LogP contribution >= 0.6 is 0 Å². The van der Waals surface area contributed by atoms with E-state index in [2.05, 4.69) is 9.82 Å². The van der Waals surface area contributed by atoms with E-state index in [0.717, 1.165) is 11.1 Å². The average molecular weight is 280 g/mol. The maximum atomic E-state index is 12.3. The van der Waals surface area contributed by atoms with E-state index in [1.807, 2.05) is 13.0 Å². The van der Waals surface area contributed by atoms with E-state index in [9.17, 15) is 8.42 Å². The lowest BCUT2D eigenvalue weighted by atomic mass is 10.1. The van der Waals surface area contributed by atoms with E-state index < -0.39 is 10.0 Å². The van der Waals surface area contributed by atoms with E-state index in [-0.39, 0.29) is 11.6 Å². The first-order valence-corrected chi connectivity index (χ1v) is 7.23. The first-order valence-electron chi connectivity index (χ1n) is 5.75. The molecule has 0 fully saturated rings. The monoisotopic (exact) mass is 280 g/mol. The minimum absolute atomic E-state index is 0.108. The molecule has 0 aliphatic carbocycles. The highest BCUT2D eigenvalue weighted by molar-refractivity contribution is 7.92. The molecule has 0 atom stereocenters. The summed E-state index contributed by atoms with van der Waals surface area (Å²) in [5.74, 6) is 0. The van der Waals surface area contributed by atoms with Gasteiger partial charge in [0.15, 0.2) is 5.03 Å². The summed E-state index contributed by atoms with van der Waals surface area (Å²) in [7, 11) is -2.08. The van der Waals surface area contributed by atoms with Gasteiger partial charge in [-0.05, 0) is 30.2 Å². The van der Waals surface area contributed by atoms with Gasteiger partial charge in [0.05, 0.1) is 11.9 Å². The predicted molar refractivity (Wildman–Crippen MR) is 73.1 cm³/mol. The number of anilines is 1. The molecule has 1 heterocycles. The lowest BCUT2D eigenvalue weighted by Crippen LogP contribution is -2.18. The van der Waals surface area contributed by atoms with E-state index in [0.29, 0.717) is 5.69 Å². The van der Waals surface area contributed by atoms with Crippen LogP contribution in [-0.4, -0.2) is 18.2 Å². The van der Waals surface area contributed by atoms with E-state index in [4.69, 9.17) is 5.73 Å². The maximum absolute atomic E-state index is 12.3. The maximum Gasteiger partial charge on any atom is 0.279 e. The first-order chi connectivity index (χ1) is 8.95. The number of nitrogens with two attached hydrogens (primary N) is 1. The molecule has 7 heteroatoms. The summed E-state index contributed by atoms with van der Waals surface area (Å²) in [6.45, 7) is 2.17. The molecule has 2 rings (SSSR count). The zero-order valence-electron chi connectivity index (χ0n) is 10.8. The van der Waals surface area contributed by atoms with Crippen LogP contribution in [0.25, 0.3) is 0 Å². The van der Waals surface area contributed by atoms with E-state index >= 15 is 0 Å². The van der Waals surface area contributed by atoms with Crippen molar-refractivity contribution in [1.82, 2.24) is 9.78 Å². The second kappa shape index (κ2) is 5.02. The van der Waals surface area contributed by atoms with Crippen molar-refractivity contribution in [1.29, 1.82) is 0 Å². The number of benzene rings is 1. The third-order valence-electron chi connectivity index (χ3n) is 2.91. The minimum Gasteiger partial charge on any atom is -0.326 e. The molecule has 3 N–H and O–H groups in total. The average Bonchev–Trinajstić information content (AvgIpc) is 2.76. The van der Waals surface area contributed by atoms with Gasteiger partial charge in [0, 0.05) is 13.6 Å². The number of hydrogen-bond acceptors (Lipinski definition) is 4. The fraction of sp³-hybridized carbons (Fsp3) is 0.250. The smallest absolute Gasteiger partial charge is 0.279 e. The quantitative estimate of drug-likeness (QED) is 0.873. The molecule has 0 amide bonds. The summed E-state index contributed by atoms with van der Waals surface area (Å²) in [4.78, 5) is 0. The molecule has 1 aromatic carbocycles. The summed E-state index contributed by atoms with van der Waals surface area (Å²) in [6, 6.07) is 6.82. The zero-order chi connectivity index (χ0) is 14.0. The Morgan fingerprint density at radius 2 is 2.11 bits per heavy atom. The van der Waals surface area contributed by atoms with Crippen molar-refractivity contribution >= 4 is 15.7 Å². The highest BCUT2D eigenvalue weighted by Crippen LogP contribution is 2.22. The molecule has 0 saturated carbocycles. The molecule has 0 saturated heterocycles. The Balaban J connectivity index is 2.42. The number of nitrogens with zero attached hydrogens (tertiary/aromatic N) is 2. The van der Waals surface area contributed by atoms with Gasteiger partial charge < -0.3 is 5.73 Å². The lowest BCUT2D eigenvalue weighted by Gasteiger charge is -2.13. The Hall–Kier alpha value is -1.86. The van der Waals surface area contributed by atoms with Gasteiger partial charge in [0.2, 0.25) is 0 Å². The molecule has 0 bridgehead atoms. The third kappa shape index (κ3) is 2.61. The molecule has 0 radical (unpaired) electrons. The third-order valence-corrected chi connectivity index (χ3v) is 4.35. The topological polar surface area (TPSA) is 90.0 Å². The molecule has 0 aliphatic heterocycles. The highest BCUT2D eigenvalue weighted by atomic mass is 32.2. The number of rotatable bonds is 4. The largest absolute Gasteiger partial charge is 0.326 e. The number of hydrogen-bond donors (Lipinski definition) is 2. The Morgan fingerprint density at radius 3 is 2.68 bits per heavy atom. The van der Waals surface area contributed by atoms with Gasteiger partial charge in [0.1, 0.15) is 0 Å². The van der Waals surface area contributed by atoms with Crippen LogP contribution in [0.2, 0.25) is 0 Å². The van der Waals surface area contributed by atoms with Crippen LogP contribution in [0.3, 0.4) is 0 Å². The molecule has 0 spiro atoms. The van der Waals surface area contributed by atoms with Crippen LogP contribution in [-0.2, 0) is 23.6 Å². The van der Waals surface area contributed by atoms with Gasteiger partial charge in [-0.15, -0.1) is 0 Å². The van der Waals surface area contributed by atoms with Gasteiger partial charge in [0.25, 0.3) is 10.0 Å². The summed E-state index contributed by atoms with van der Waals surface area (Å²) in [5, 5.41) is 3.97. The van der Waals surface area contributed by atoms with Gasteiger partial charge in [-0.2, -0.15) is 13.5 Å². The summed E-state index contributed by atoms with van der Waals surface area (Å²) < 4.78 is 28.4. The van der Waals surface area contributed by atoms with Crippen molar-refractivity contribution in [3.05, 3.63) is 41.6 Å². The zero-order valence-corrected chi connectivity index (χ0v) is 11.6. The molecular weight excluding hydrogens is 264 g/mol. The Bertz CT molecular complexity index is 692. The summed E-state index contributed by atoms with van der Waals surface area (Å²) >= 11 is 0. The highest BCUT2D eigenvalue weighted by Gasteiger charge is 2.19. The number of aromatic nitrogens is 2. The van der Waals surface area contributed by atoms with E-state index in [1.165, 1.54) is 16.9 Å². The second-order valence-corrected chi connectivity index (χ2v) is 5.83. The lowest BCUT2D eigenvalue weighted by molar-refractivity contribution is 0.582. The molecule has 19 heavy (non-hydrogen) atoms. The van der Waals surface area contributed by atoms with Crippen LogP contribution in [0.1, 0.15) is 11.1 Å². The Kier molecular flexibility index (Phi) is 3.59. The molecule has 0 aliphatic rings. The standard InChI is InChI=1S/C12H16N4O2S/c1-9-4-3-5-11(10(9)8-13)15-19(17,18)12-6-7-14-16(12)2/h3-7,15H,8,13H2,1-2H3. The number of aryl methyl sites for hydroxylation is 2. The molecule has 0 unspecified atom stereocenters. The van der Waals surface area contributed by atoms with Crippen LogP contribution in [0.4, 0.5) is 5.69 Å². The van der Waals surface area contributed by atoms with Crippen LogP contribution < -0.4 is 10.5 Å². The Morgan fingerprint density at radius 1 is 1.37 bits per heavy atom. The molecule has 6 nitrogen and oxygen atoms in total. The molecule has 2 aromatic rings. The predicted octanol–water partition coefficient (Wildman–Crippen LogP) is 0.988. The van der Waals surface area contributed by atoms with Gasteiger partial charge in [-0.25, -0.2) is 0 Å². The van der Waals surface area contributed by atoms with Crippen LogP contribution in [0.15, 0.2) is 35.5 Å². The minimum atomic E-state index is -3.66. The van der Waals surface area contributed by atoms with E-state index in [1.54, 1.807) is 19.2 Å². The Labute approximate surface area is 112 Å². The van der Waals surface area contributed by atoms with Crippen molar-refractivity contribution in [2.24, 2.45) is 12.8 Å². The molecular formula is C12H16N4O2S. The fourth-order valence-electron chi connectivity index (χ4n) is 1.89. The van der Waals surface area contributed by atoms with Crippen molar-refractivity contribution in [2.45, 2.75) is 18.5 Å². The van der Waals surface area contributed by atoms with Crippen molar-refractivity contribution < 1.29 is 8.42 Å². The number of sulfonamides is 1. The van der Waals surface area contributed by atoms with Crippen LogP contribution in [0.5, 0.6) is 0 Å². The summed E-state index contributed by atoms with van der Waals surface area (Å²) in [6.07, 6.45) is 1.44.